The topological polar surface area (TPSA) is 85.6 Å². The Morgan fingerprint density at radius 3 is 2.34 bits per heavy atom. The lowest BCUT2D eigenvalue weighted by atomic mass is 10.0. The SMILES string of the molecule is COc1cc(OC)nc(N2CC3CN(C(=O)c4cc(C)ccc4-n4nccn4)CC3C2)c1. The van der Waals surface area contributed by atoms with E-state index in [1.165, 1.54) is 4.80 Å². The Labute approximate surface area is 186 Å². The number of amides is 1. The van der Waals surface area contributed by atoms with Crippen molar-refractivity contribution < 1.29 is 14.3 Å². The summed E-state index contributed by atoms with van der Waals surface area (Å²) in [5, 5.41) is 8.43. The first-order valence-electron chi connectivity index (χ1n) is 10.7. The lowest BCUT2D eigenvalue weighted by Crippen LogP contribution is -2.34. The third-order valence-electron chi connectivity index (χ3n) is 6.32. The van der Waals surface area contributed by atoms with E-state index in [1.807, 2.05) is 36.1 Å². The van der Waals surface area contributed by atoms with Crippen LogP contribution in [0.2, 0.25) is 0 Å². The highest BCUT2D eigenvalue weighted by atomic mass is 16.5. The van der Waals surface area contributed by atoms with Crippen LogP contribution in [0.1, 0.15) is 15.9 Å². The minimum atomic E-state index is 0.0307. The van der Waals surface area contributed by atoms with E-state index in [2.05, 4.69) is 20.1 Å². The quantitative estimate of drug-likeness (QED) is 0.609. The Hall–Kier alpha value is -3.62. The molecule has 9 heteroatoms. The Bertz CT molecular complexity index is 1100. The second-order valence-electron chi connectivity index (χ2n) is 8.38. The molecule has 32 heavy (non-hydrogen) atoms. The van der Waals surface area contributed by atoms with Crippen molar-refractivity contribution in [2.45, 2.75) is 6.92 Å². The number of anilines is 1. The average Bonchev–Trinajstić information content (AvgIpc) is 3.55. The lowest BCUT2D eigenvalue weighted by Gasteiger charge is -2.23. The molecule has 3 aromatic rings. The van der Waals surface area contributed by atoms with Gasteiger partial charge in [0.2, 0.25) is 5.88 Å². The van der Waals surface area contributed by atoms with Crippen LogP contribution in [0.25, 0.3) is 5.69 Å². The Kier molecular flexibility index (Phi) is 5.16. The van der Waals surface area contributed by atoms with Gasteiger partial charge in [-0.3, -0.25) is 4.79 Å². The second kappa shape index (κ2) is 8.14. The van der Waals surface area contributed by atoms with Gasteiger partial charge in [-0.2, -0.15) is 20.0 Å². The monoisotopic (exact) mass is 434 g/mol. The maximum absolute atomic E-state index is 13.5. The van der Waals surface area contributed by atoms with E-state index in [0.29, 0.717) is 29.0 Å². The van der Waals surface area contributed by atoms with Crippen LogP contribution in [0, 0.1) is 18.8 Å². The summed E-state index contributed by atoms with van der Waals surface area (Å²) >= 11 is 0. The number of hydrogen-bond acceptors (Lipinski definition) is 7. The summed E-state index contributed by atoms with van der Waals surface area (Å²) in [6, 6.07) is 9.51. The summed E-state index contributed by atoms with van der Waals surface area (Å²) in [7, 11) is 3.24. The molecule has 2 saturated heterocycles. The van der Waals surface area contributed by atoms with Gasteiger partial charge in [0.05, 0.1) is 37.9 Å². The van der Waals surface area contributed by atoms with Gasteiger partial charge in [0.15, 0.2) is 0 Å². The number of nitrogens with zero attached hydrogens (tertiary/aromatic N) is 6. The molecule has 0 radical (unpaired) electrons. The summed E-state index contributed by atoms with van der Waals surface area (Å²) in [5.41, 5.74) is 2.38. The van der Waals surface area contributed by atoms with E-state index in [0.717, 1.165) is 43.3 Å². The van der Waals surface area contributed by atoms with Crippen LogP contribution < -0.4 is 14.4 Å². The number of fused-ring (bicyclic) bond motifs is 1. The van der Waals surface area contributed by atoms with Gasteiger partial charge in [0.1, 0.15) is 11.6 Å². The molecule has 5 rings (SSSR count). The molecule has 2 fully saturated rings. The van der Waals surface area contributed by atoms with Gasteiger partial charge in [0.25, 0.3) is 5.91 Å². The number of ether oxygens (including phenoxy) is 2. The van der Waals surface area contributed by atoms with Crippen LogP contribution in [-0.2, 0) is 0 Å². The summed E-state index contributed by atoms with van der Waals surface area (Å²) in [4.78, 5) is 23.8. The molecule has 0 bridgehead atoms. The van der Waals surface area contributed by atoms with Crippen LogP contribution in [0.15, 0.2) is 42.7 Å². The molecule has 4 heterocycles. The third kappa shape index (κ3) is 3.63. The van der Waals surface area contributed by atoms with Gasteiger partial charge >= 0.3 is 0 Å². The molecule has 2 aliphatic rings. The van der Waals surface area contributed by atoms with Crippen molar-refractivity contribution >= 4 is 11.7 Å². The molecule has 2 atom stereocenters. The van der Waals surface area contributed by atoms with Crippen molar-refractivity contribution in [2.24, 2.45) is 11.8 Å². The van der Waals surface area contributed by atoms with E-state index in [-0.39, 0.29) is 5.91 Å². The molecule has 0 N–H and O–H groups in total. The fourth-order valence-electron chi connectivity index (χ4n) is 4.70. The fourth-order valence-corrected chi connectivity index (χ4v) is 4.70. The summed E-state index contributed by atoms with van der Waals surface area (Å²) < 4.78 is 10.7. The summed E-state index contributed by atoms with van der Waals surface area (Å²) in [5.74, 6) is 2.93. The summed E-state index contributed by atoms with van der Waals surface area (Å²) in [6.45, 7) is 5.13. The maximum atomic E-state index is 13.5. The predicted molar refractivity (Wildman–Crippen MR) is 119 cm³/mol. The molecule has 1 aromatic carbocycles. The van der Waals surface area contributed by atoms with E-state index >= 15 is 0 Å². The number of aromatic nitrogens is 4. The summed E-state index contributed by atoms with van der Waals surface area (Å²) in [6.07, 6.45) is 3.23. The first-order chi connectivity index (χ1) is 15.6. The lowest BCUT2D eigenvalue weighted by molar-refractivity contribution is 0.0782. The standard InChI is InChI=1S/C23H26N6O3/c1-15-4-5-20(29-24-6-7-25-29)19(8-15)23(30)28-13-16-11-27(12-17(16)14-28)21-9-18(31-2)10-22(26-21)32-3/h4-10,16-17H,11-14H2,1-3H3. The van der Waals surface area contributed by atoms with Crippen molar-refractivity contribution in [2.75, 3.05) is 45.3 Å². The van der Waals surface area contributed by atoms with Crippen LogP contribution in [0.4, 0.5) is 5.82 Å². The smallest absolute Gasteiger partial charge is 0.256 e. The molecule has 9 nitrogen and oxygen atoms in total. The predicted octanol–water partition coefficient (Wildman–Crippen LogP) is 2.20. The second-order valence-corrected chi connectivity index (χ2v) is 8.38. The molecule has 1 amide bonds. The number of aryl methyl sites for hydroxylation is 1. The number of rotatable bonds is 5. The Morgan fingerprint density at radius 1 is 0.969 bits per heavy atom. The van der Waals surface area contributed by atoms with Crippen molar-refractivity contribution in [3.05, 3.63) is 53.9 Å². The van der Waals surface area contributed by atoms with Gasteiger partial charge in [-0.15, -0.1) is 0 Å². The van der Waals surface area contributed by atoms with E-state index in [1.54, 1.807) is 32.7 Å². The average molecular weight is 435 g/mol. The van der Waals surface area contributed by atoms with Crippen molar-refractivity contribution in [1.29, 1.82) is 0 Å². The zero-order valence-electron chi connectivity index (χ0n) is 18.4. The molecule has 0 saturated carbocycles. The van der Waals surface area contributed by atoms with Crippen LogP contribution in [-0.4, -0.2) is 71.2 Å². The first kappa shape index (κ1) is 20.3. The highest BCUT2D eigenvalue weighted by molar-refractivity contribution is 5.98. The number of carbonyl (C=O) groups excluding carboxylic acids is 1. The van der Waals surface area contributed by atoms with Gasteiger partial charge < -0.3 is 19.3 Å². The highest BCUT2D eigenvalue weighted by Crippen LogP contribution is 2.36. The Morgan fingerprint density at radius 2 is 1.69 bits per heavy atom. The van der Waals surface area contributed by atoms with Gasteiger partial charge in [-0.25, -0.2) is 0 Å². The normalized spacial score (nSPS) is 19.8. The van der Waals surface area contributed by atoms with Gasteiger partial charge in [-0.05, 0) is 19.1 Å². The molecule has 166 valence electrons. The van der Waals surface area contributed by atoms with E-state index in [4.69, 9.17) is 9.47 Å². The number of benzene rings is 1. The van der Waals surface area contributed by atoms with Crippen LogP contribution in [0.5, 0.6) is 11.6 Å². The molecule has 0 spiro atoms. The molecule has 2 unspecified atom stereocenters. The Balaban J connectivity index is 1.33. The largest absolute Gasteiger partial charge is 0.496 e. The number of methoxy groups -OCH3 is 2. The third-order valence-corrected chi connectivity index (χ3v) is 6.32. The minimum absolute atomic E-state index is 0.0307. The fraction of sp³-hybridized carbons (Fsp3) is 0.391. The molecular weight excluding hydrogens is 408 g/mol. The zero-order valence-corrected chi connectivity index (χ0v) is 18.4. The molecule has 2 aliphatic heterocycles. The van der Waals surface area contributed by atoms with E-state index in [9.17, 15) is 4.79 Å². The van der Waals surface area contributed by atoms with Crippen LogP contribution >= 0.6 is 0 Å². The minimum Gasteiger partial charge on any atom is -0.496 e. The van der Waals surface area contributed by atoms with Crippen LogP contribution in [0.3, 0.4) is 0 Å². The molecule has 2 aromatic heterocycles. The number of hydrogen-bond donors (Lipinski definition) is 0. The van der Waals surface area contributed by atoms with Crippen molar-refractivity contribution in [1.82, 2.24) is 24.9 Å². The number of pyridine rings is 1. The first-order valence-corrected chi connectivity index (χ1v) is 10.7. The van der Waals surface area contributed by atoms with Gasteiger partial charge in [0, 0.05) is 50.1 Å². The number of carbonyl (C=O) groups is 1. The molecule has 0 aliphatic carbocycles. The maximum Gasteiger partial charge on any atom is 0.256 e. The zero-order chi connectivity index (χ0) is 22.2. The highest BCUT2D eigenvalue weighted by Gasteiger charge is 2.42. The van der Waals surface area contributed by atoms with E-state index < -0.39 is 0 Å². The molecular formula is C23H26N6O3. The van der Waals surface area contributed by atoms with Crippen molar-refractivity contribution in [3.63, 3.8) is 0 Å². The number of likely N-dealkylation sites (tertiary alicyclic amines) is 1. The van der Waals surface area contributed by atoms with Gasteiger partial charge in [-0.1, -0.05) is 11.6 Å². The van der Waals surface area contributed by atoms with Crippen molar-refractivity contribution in [3.8, 4) is 17.3 Å².